The van der Waals surface area contributed by atoms with Crippen LogP contribution in [0.15, 0.2) is 58.4 Å². The van der Waals surface area contributed by atoms with Crippen LogP contribution in [0.25, 0.3) is 0 Å². The van der Waals surface area contributed by atoms with Crippen molar-refractivity contribution in [2.45, 2.75) is 30.3 Å². The number of carbonyl (C=O) groups is 2. The molecule has 1 heterocycles. The van der Waals surface area contributed by atoms with Crippen LogP contribution < -0.4 is 5.32 Å². The molecule has 2 N–H and O–H groups in total. The Kier molecular flexibility index (Phi) is 11.7. The van der Waals surface area contributed by atoms with E-state index in [-0.39, 0.29) is 28.8 Å². The van der Waals surface area contributed by atoms with Crippen molar-refractivity contribution in [3.8, 4) is 0 Å². The van der Waals surface area contributed by atoms with Crippen LogP contribution in [0.4, 0.5) is 13.2 Å². The van der Waals surface area contributed by atoms with Gasteiger partial charge in [-0.1, -0.05) is 48.0 Å². The summed E-state index contributed by atoms with van der Waals surface area (Å²) in [6.45, 7) is 2.54. The van der Waals surface area contributed by atoms with Gasteiger partial charge >= 0.3 is 12.1 Å². The number of aliphatic carboxylic acids is 1. The highest BCUT2D eigenvalue weighted by Crippen LogP contribution is 2.23. The number of amidine groups is 1. The second-order valence-electron chi connectivity index (χ2n) is 8.58. The van der Waals surface area contributed by atoms with Crippen molar-refractivity contribution in [3.05, 3.63) is 64.7 Å². The summed E-state index contributed by atoms with van der Waals surface area (Å²) in [7, 11) is -0.401. The molecule has 2 aromatic rings. The van der Waals surface area contributed by atoms with E-state index in [1.165, 1.54) is 17.4 Å². The Morgan fingerprint density at radius 3 is 2.23 bits per heavy atom. The number of sulfonamides is 1. The molecule has 0 fully saturated rings. The van der Waals surface area contributed by atoms with Gasteiger partial charge in [-0.2, -0.15) is 13.2 Å². The number of hydrogen-bond acceptors (Lipinski definition) is 6. The van der Waals surface area contributed by atoms with Gasteiger partial charge in [0.1, 0.15) is 10.7 Å². The van der Waals surface area contributed by atoms with Crippen LogP contribution in [0.3, 0.4) is 0 Å². The second kappa shape index (κ2) is 14.3. The normalized spacial score (nSPS) is 13.3. The lowest BCUT2D eigenvalue weighted by Crippen LogP contribution is -2.31. The van der Waals surface area contributed by atoms with E-state index in [1.54, 1.807) is 30.1 Å². The molecule has 14 heteroatoms. The van der Waals surface area contributed by atoms with Gasteiger partial charge in [0, 0.05) is 45.7 Å². The third-order valence-electron chi connectivity index (χ3n) is 5.69. The zero-order valence-corrected chi connectivity index (χ0v) is 23.0. The highest BCUT2D eigenvalue weighted by Gasteiger charge is 2.38. The van der Waals surface area contributed by atoms with Gasteiger partial charge in [-0.3, -0.25) is 9.79 Å². The van der Waals surface area contributed by atoms with Gasteiger partial charge in [-0.25, -0.2) is 17.5 Å². The molecule has 0 saturated carbocycles. The minimum Gasteiger partial charge on any atom is -0.475 e. The summed E-state index contributed by atoms with van der Waals surface area (Å²) in [5.41, 5.74) is 2.23. The number of rotatable bonds is 10. The average Bonchev–Trinajstić information content (AvgIpc) is 3.42. The topological polar surface area (TPSA) is 119 Å². The Morgan fingerprint density at radius 2 is 1.69 bits per heavy atom. The van der Waals surface area contributed by atoms with Crippen LogP contribution in [0.1, 0.15) is 24.0 Å². The van der Waals surface area contributed by atoms with Gasteiger partial charge < -0.3 is 15.3 Å². The number of carbonyl (C=O) groups excluding carboxylic acids is 1. The van der Waals surface area contributed by atoms with Crippen molar-refractivity contribution >= 4 is 39.3 Å². The molecule has 0 aromatic heterocycles. The summed E-state index contributed by atoms with van der Waals surface area (Å²) in [6, 6.07) is 14.6. The zero-order valence-electron chi connectivity index (χ0n) is 21.4. The summed E-state index contributed by atoms with van der Waals surface area (Å²) in [5, 5.41) is 10.6. The average molecular weight is 591 g/mol. The Labute approximate surface area is 230 Å². The highest BCUT2D eigenvalue weighted by molar-refractivity contribution is 7.89. The number of aliphatic imine (C=N–C) groups is 1. The van der Waals surface area contributed by atoms with E-state index >= 15 is 0 Å². The predicted molar refractivity (Wildman–Crippen MR) is 141 cm³/mol. The molecule has 0 atom stereocenters. The van der Waals surface area contributed by atoms with Crippen LogP contribution in [0.5, 0.6) is 0 Å². The number of benzene rings is 2. The van der Waals surface area contributed by atoms with E-state index in [1.807, 2.05) is 12.1 Å². The largest absolute Gasteiger partial charge is 0.490 e. The van der Waals surface area contributed by atoms with E-state index in [9.17, 15) is 26.4 Å². The third-order valence-corrected chi connectivity index (χ3v) is 8.05. The first-order chi connectivity index (χ1) is 18.2. The van der Waals surface area contributed by atoms with E-state index in [0.29, 0.717) is 13.0 Å². The lowest BCUT2D eigenvalue weighted by atomic mass is 10.1. The molecule has 0 saturated heterocycles. The van der Waals surface area contributed by atoms with Crippen LogP contribution in [0, 0.1) is 0 Å². The number of likely N-dealkylation sites (N-methyl/N-ethyl adjacent to an activating group) is 1. The smallest absolute Gasteiger partial charge is 0.475 e. The zero-order chi connectivity index (χ0) is 29.2. The van der Waals surface area contributed by atoms with Gasteiger partial charge in [0.15, 0.2) is 0 Å². The predicted octanol–water partition coefficient (Wildman–Crippen LogP) is 3.42. The molecular weight excluding hydrogens is 561 g/mol. The van der Waals surface area contributed by atoms with E-state index in [4.69, 9.17) is 21.5 Å². The number of carboxylic acid groups (broad SMARTS) is 1. The van der Waals surface area contributed by atoms with E-state index in [0.717, 1.165) is 36.5 Å². The van der Waals surface area contributed by atoms with Crippen molar-refractivity contribution in [2.75, 3.05) is 40.3 Å². The van der Waals surface area contributed by atoms with Gasteiger partial charge in [0.25, 0.3) is 0 Å². The highest BCUT2D eigenvalue weighted by atomic mass is 35.5. The maximum Gasteiger partial charge on any atom is 0.490 e. The fraction of sp³-hybridized carbons (Fsp3) is 0.400. The quantitative estimate of drug-likeness (QED) is 0.438. The first-order valence-corrected chi connectivity index (χ1v) is 13.7. The molecule has 0 bridgehead atoms. The van der Waals surface area contributed by atoms with Crippen LogP contribution in [-0.2, 0) is 26.0 Å². The molecule has 0 aliphatic carbocycles. The number of hydrogen-bond donors (Lipinski definition) is 2. The number of nitrogens with zero attached hydrogens (tertiary/aromatic N) is 3. The Morgan fingerprint density at radius 1 is 1.08 bits per heavy atom. The van der Waals surface area contributed by atoms with Crippen molar-refractivity contribution in [1.82, 2.24) is 14.5 Å². The number of alkyl halides is 3. The molecule has 1 aliphatic heterocycles. The number of nitrogens with one attached hydrogen (secondary N) is 1. The summed E-state index contributed by atoms with van der Waals surface area (Å²) >= 11 is 6.03. The van der Waals surface area contributed by atoms with Gasteiger partial charge in [0.2, 0.25) is 15.9 Å². The van der Waals surface area contributed by atoms with Crippen molar-refractivity contribution in [3.63, 3.8) is 0 Å². The van der Waals surface area contributed by atoms with Gasteiger partial charge in [-0.15, -0.1) is 0 Å². The van der Waals surface area contributed by atoms with E-state index < -0.39 is 22.2 Å². The molecular formula is C25H30ClF3N4O5S. The number of halogens is 4. The number of amides is 1. The second-order valence-corrected chi connectivity index (χ2v) is 11.0. The molecule has 3 rings (SSSR count). The van der Waals surface area contributed by atoms with Gasteiger partial charge in [-0.05, 0) is 30.5 Å². The molecule has 214 valence electrons. The fourth-order valence-electron chi connectivity index (χ4n) is 3.43. The molecule has 1 amide bonds. The van der Waals surface area contributed by atoms with Crippen molar-refractivity contribution < 1.29 is 36.3 Å². The Bertz CT molecular complexity index is 1270. The minimum absolute atomic E-state index is 0.00493. The minimum atomic E-state index is -5.08. The first kappa shape index (κ1) is 32.1. The lowest BCUT2D eigenvalue weighted by molar-refractivity contribution is -0.192. The summed E-state index contributed by atoms with van der Waals surface area (Å²) in [5.74, 6) is -1.83. The van der Waals surface area contributed by atoms with Crippen molar-refractivity contribution in [2.24, 2.45) is 4.99 Å². The van der Waals surface area contributed by atoms with Crippen LogP contribution in [0.2, 0.25) is 5.02 Å². The summed E-state index contributed by atoms with van der Waals surface area (Å²) in [6.07, 6.45) is -3.61. The SMILES string of the molecule is CN(CCc1ccc(C2=NCCN2)cc1)C(=O)CCCN(C)S(=O)(=O)c1ccccc1Cl.O=C(O)C(F)(F)F. The van der Waals surface area contributed by atoms with Crippen LogP contribution in [-0.4, -0.2) is 86.9 Å². The fourth-order valence-corrected chi connectivity index (χ4v) is 5.13. The first-order valence-electron chi connectivity index (χ1n) is 11.9. The maximum atomic E-state index is 12.7. The number of carboxylic acids is 1. The summed E-state index contributed by atoms with van der Waals surface area (Å²) < 4.78 is 58.3. The van der Waals surface area contributed by atoms with E-state index in [2.05, 4.69) is 22.4 Å². The lowest BCUT2D eigenvalue weighted by Gasteiger charge is -2.20. The van der Waals surface area contributed by atoms with Crippen molar-refractivity contribution in [1.29, 1.82) is 0 Å². The van der Waals surface area contributed by atoms with Gasteiger partial charge in [0.05, 0.1) is 11.6 Å². The molecule has 2 aromatic carbocycles. The molecule has 0 radical (unpaired) electrons. The monoisotopic (exact) mass is 590 g/mol. The molecule has 1 aliphatic rings. The Hall–Kier alpha value is -3.16. The maximum absolute atomic E-state index is 12.7. The Balaban J connectivity index is 0.000000673. The third kappa shape index (κ3) is 9.83. The molecule has 39 heavy (non-hydrogen) atoms. The van der Waals surface area contributed by atoms with Crippen LogP contribution >= 0.6 is 11.6 Å². The molecule has 0 unspecified atom stereocenters. The molecule has 9 nitrogen and oxygen atoms in total. The summed E-state index contributed by atoms with van der Waals surface area (Å²) in [4.78, 5) is 27.5. The molecule has 0 spiro atoms. The standard InChI is InChI=1S/C23H29ClN4O3S.C2HF3O2/c1-27(17-13-18-9-11-19(12-10-18)23-25-14-15-26-23)22(29)8-5-16-28(2)32(30,31)21-7-4-3-6-20(21)24;3-2(4,5)1(6)7/h3-4,6-7,9-12H,5,8,13-17H2,1-2H3,(H,25,26);(H,6,7).